The highest BCUT2D eigenvalue weighted by molar-refractivity contribution is 5.90. The summed E-state index contributed by atoms with van der Waals surface area (Å²) in [6, 6.07) is 1.54. The van der Waals surface area contributed by atoms with Gasteiger partial charge in [-0.3, -0.25) is 0 Å². The summed E-state index contributed by atoms with van der Waals surface area (Å²) in [5.41, 5.74) is 0.377. The summed E-state index contributed by atoms with van der Waals surface area (Å²) in [6.07, 6.45) is 0.828. The Bertz CT molecular complexity index is 340. The second kappa shape index (κ2) is 4.98. The molecule has 0 aliphatic heterocycles. The zero-order valence-corrected chi connectivity index (χ0v) is 9.24. The number of carbonyl (C=O) groups is 1. The SMILES string of the molecule is CCC[C@@H](O)c1cc(C(=O)OC)c(C)o1. The first-order valence-electron chi connectivity index (χ1n) is 4.96. The summed E-state index contributed by atoms with van der Waals surface area (Å²) in [7, 11) is 1.32. The summed E-state index contributed by atoms with van der Waals surface area (Å²) in [6.45, 7) is 3.65. The van der Waals surface area contributed by atoms with Crippen LogP contribution in [0.15, 0.2) is 10.5 Å². The van der Waals surface area contributed by atoms with Crippen molar-refractivity contribution in [1.82, 2.24) is 0 Å². The topological polar surface area (TPSA) is 59.7 Å². The molecule has 0 amide bonds. The third-order valence-electron chi connectivity index (χ3n) is 2.23. The molecule has 1 rings (SSSR count). The highest BCUT2D eigenvalue weighted by Gasteiger charge is 2.19. The standard InChI is InChI=1S/C11H16O4/c1-4-5-9(12)10-6-8(7(2)15-10)11(13)14-3/h6,9,12H,4-5H2,1-3H3/t9-/m1/s1. The molecule has 0 spiro atoms. The maximum absolute atomic E-state index is 11.3. The molecule has 0 saturated carbocycles. The lowest BCUT2D eigenvalue weighted by atomic mass is 10.1. The molecule has 1 aromatic rings. The number of carbonyl (C=O) groups excluding carboxylic acids is 1. The molecule has 0 unspecified atom stereocenters. The van der Waals surface area contributed by atoms with Crippen LogP contribution < -0.4 is 0 Å². The lowest BCUT2D eigenvalue weighted by molar-refractivity contribution is 0.0598. The van der Waals surface area contributed by atoms with Crippen LogP contribution >= 0.6 is 0 Å². The monoisotopic (exact) mass is 212 g/mol. The van der Waals surface area contributed by atoms with Crippen molar-refractivity contribution in [3.63, 3.8) is 0 Å². The van der Waals surface area contributed by atoms with E-state index in [1.807, 2.05) is 6.92 Å². The third-order valence-corrected chi connectivity index (χ3v) is 2.23. The Labute approximate surface area is 88.8 Å². The lowest BCUT2D eigenvalue weighted by Gasteiger charge is -2.03. The fourth-order valence-electron chi connectivity index (χ4n) is 1.40. The summed E-state index contributed by atoms with van der Waals surface area (Å²) < 4.78 is 9.89. The number of hydrogen-bond donors (Lipinski definition) is 1. The summed E-state index contributed by atoms with van der Waals surface area (Å²) in [5, 5.41) is 9.67. The molecule has 0 saturated heterocycles. The highest BCUT2D eigenvalue weighted by atomic mass is 16.5. The molecule has 15 heavy (non-hydrogen) atoms. The minimum Gasteiger partial charge on any atom is -0.465 e. The first-order valence-corrected chi connectivity index (χ1v) is 4.96. The van der Waals surface area contributed by atoms with Gasteiger partial charge in [0, 0.05) is 0 Å². The van der Waals surface area contributed by atoms with E-state index < -0.39 is 12.1 Å². The molecule has 84 valence electrons. The Morgan fingerprint density at radius 2 is 2.33 bits per heavy atom. The van der Waals surface area contributed by atoms with Crippen LogP contribution in [0.3, 0.4) is 0 Å². The molecule has 1 N–H and O–H groups in total. The maximum atomic E-state index is 11.3. The number of aliphatic hydroxyl groups excluding tert-OH is 1. The minimum atomic E-state index is -0.646. The molecule has 0 aliphatic rings. The average Bonchev–Trinajstić information content (AvgIpc) is 2.60. The van der Waals surface area contributed by atoms with Crippen molar-refractivity contribution in [3.8, 4) is 0 Å². The van der Waals surface area contributed by atoms with E-state index in [-0.39, 0.29) is 0 Å². The third kappa shape index (κ3) is 2.59. The van der Waals surface area contributed by atoms with Gasteiger partial charge in [-0.2, -0.15) is 0 Å². The smallest absolute Gasteiger partial charge is 0.341 e. The zero-order chi connectivity index (χ0) is 11.4. The van der Waals surface area contributed by atoms with Gasteiger partial charge in [-0.1, -0.05) is 13.3 Å². The molecule has 1 atom stereocenters. The first kappa shape index (κ1) is 11.8. The van der Waals surface area contributed by atoms with Crippen LogP contribution in [0.25, 0.3) is 0 Å². The molecule has 0 aromatic carbocycles. The van der Waals surface area contributed by atoms with E-state index in [4.69, 9.17) is 4.42 Å². The van der Waals surface area contributed by atoms with Crippen LogP contribution in [0.5, 0.6) is 0 Å². The molecular formula is C11H16O4. The van der Waals surface area contributed by atoms with Crippen LogP contribution in [-0.2, 0) is 4.74 Å². The number of esters is 1. The number of rotatable bonds is 4. The van der Waals surface area contributed by atoms with Crippen molar-refractivity contribution < 1.29 is 19.1 Å². The Kier molecular flexibility index (Phi) is 3.91. The maximum Gasteiger partial charge on any atom is 0.341 e. The Morgan fingerprint density at radius 1 is 1.67 bits per heavy atom. The van der Waals surface area contributed by atoms with Crippen molar-refractivity contribution in [1.29, 1.82) is 0 Å². The molecule has 0 bridgehead atoms. The molecule has 0 radical (unpaired) electrons. The van der Waals surface area contributed by atoms with Gasteiger partial charge < -0.3 is 14.3 Å². The number of aliphatic hydroxyl groups is 1. The predicted molar refractivity (Wildman–Crippen MR) is 54.7 cm³/mol. The molecule has 1 heterocycles. The van der Waals surface area contributed by atoms with E-state index in [1.165, 1.54) is 7.11 Å². The van der Waals surface area contributed by atoms with E-state index in [0.29, 0.717) is 23.5 Å². The van der Waals surface area contributed by atoms with E-state index >= 15 is 0 Å². The van der Waals surface area contributed by atoms with Gasteiger partial charge in [-0.15, -0.1) is 0 Å². The molecule has 4 nitrogen and oxygen atoms in total. The summed E-state index contributed by atoms with van der Waals surface area (Å²) in [4.78, 5) is 11.3. The van der Waals surface area contributed by atoms with E-state index in [2.05, 4.69) is 4.74 Å². The van der Waals surface area contributed by atoms with Crippen LogP contribution in [0.1, 0.15) is 47.7 Å². The van der Waals surface area contributed by atoms with Crippen molar-refractivity contribution in [2.45, 2.75) is 32.8 Å². The van der Waals surface area contributed by atoms with Crippen LogP contribution in [0.2, 0.25) is 0 Å². The molecular weight excluding hydrogens is 196 g/mol. The van der Waals surface area contributed by atoms with Gasteiger partial charge >= 0.3 is 5.97 Å². The minimum absolute atomic E-state index is 0.377. The van der Waals surface area contributed by atoms with Gasteiger partial charge in [0.1, 0.15) is 23.2 Å². The van der Waals surface area contributed by atoms with E-state index in [0.717, 1.165) is 6.42 Å². The van der Waals surface area contributed by atoms with Gasteiger partial charge in [0.2, 0.25) is 0 Å². The van der Waals surface area contributed by atoms with Crippen molar-refractivity contribution in [2.75, 3.05) is 7.11 Å². The molecule has 0 aliphatic carbocycles. The highest BCUT2D eigenvalue weighted by Crippen LogP contribution is 2.24. The zero-order valence-electron chi connectivity index (χ0n) is 9.24. The normalized spacial score (nSPS) is 12.5. The van der Waals surface area contributed by atoms with Crippen molar-refractivity contribution in [2.24, 2.45) is 0 Å². The lowest BCUT2D eigenvalue weighted by Crippen LogP contribution is -2.01. The largest absolute Gasteiger partial charge is 0.465 e. The van der Waals surface area contributed by atoms with Crippen molar-refractivity contribution >= 4 is 5.97 Å². The predicted octanol–water partition coefficient (Wildman–Crippen LogP) is 2.21. The fourth-order valence-corrected chi connectivity index (χ4v) is 1.40. The second-order valence-corrected chi connectivity index (χ2v) is 3.41. The van der Waals surface area contributed by atoms with Crippen LogP contribution in [0.4, 0.5) is 0 Å². The number of hydrogen-bond acceptors (Lipinski definition) is 4. The average molecular weight is 212 g/mol. The second-order valence-electron chi connectivity index (χ2n) is 3.41. The van der Waals surface area contributed by atoms with Crippen LogP contribution in [0, 0.1) is 6.92 Å². The number of furan rings is 1. The van der Waals surface area contributed by atoms with Crippen molar-refractivity contribution in [3.05, 3.63) is 23.2 Å². The molecule has 0 fully saturated rings. The van der Waals surface area contributed by atoms with Gasteiger partial charge in [-0.25, -0.2) is 4.79 Å². The summed E-state index contributed by atoms with van der Waals surface area (Å²) >= 11 is 0. The molecule has 1 aromatic heterocycles. The first-order chi connectivity index (χ1) is 7.10. The van der Waals surface area contributed by atoms with Gasteiger partial charge in [0.25, 0.3) is 0 Å². The Hall–Kier alpha value is -1.29. The number of methoxy groups -OCH3 is 1. The van der Waals surface area contributed by atoms with Gasteiger partial charge in [-0.05, 0) is 19.4 Å². The summed E-state index contributed by atoms with van der Waals surface area (Å²) in [5.74, 6) is 0.466. The van der Waals surface area contributed by atoms with Gasteiger partial charge in [0.15, 0.2) is 0 Å². The van der Waals surface area contributed by atoms with Gasteiger partial charge in [0.05, 0.1) is 7.11 Å². The fraction of sp³-hybridized carbons (Fsp3) is 0.545. The quantitative estimate of drug-likeness (QED) is 0.777. The number of aryl methyl sites for hydroxylation is 1. The number of ether oxygens (including phenoxy) is 1. The van der Waals surface area contributed by atoms with E-state index in [9.17, 15) is 9.90 Å². The Balaban J connectivity index is 2.90. The van der Waals surface area contributed by atoms with Crippen LogP contribution in [-0.4, -0.2) is 18.2 Å². The Morgan fingerprint density at radius 3 is 2.87 bits per heavy atom. The molecule has 4 heteroatoms. The van der Waals surface area contributed by atoms with E-state index in [1.54, 1.807) is 13.0 Å².